The first kappa shape index (κ1) is 14.9. The molecule has 0 saturated heterocycles. The molecule has 3 rings (SSSR count). The summed E-state index contributed by atoms with van der Waals surface area (Å²) in [4.78, 5) is 12.0. The topological polar surface area (TPSA) is 44.8 Å². The Hall–Kier alpha value is -3.01. The maximum absolute atomic E-state index is 12.0. The molecule has 116 valence electrons. The van der Waals surface area contributed by atoms with Gasteiger partial charge < -0.3 is 14.2 Å². The van der Waals surface area contributed by atoms with E-state index in [2.05, 4.69) is 0 Å². The maximum Gasteiger partial charge on any atom is 0.343 e. The highest BCUT2D eigenvalue weighted by molar-refractivity contribution is 6.05. The number of cyclic esters (lactones) is 1. The Morgan fingerprint density at radius 1 is 0.957 bits per heavy atom. The van der Waals surface area contributed by atoms with E-state index in [0.29, 0.717) is 22.8 Å². The van der Waals surface area contributed by atoms with Crippen molar-refractivity contribution in [2.24, 2.45) is 0 Å². The third-order valence-electron chi connectivity index (χ3n) is 3.51. The van der Waals surface area contributed by atoms with Crippen LogP contribution in [-0.2, 0) is 9.53 Å². The normalized spacial score (nSPS) is 15.3. The summed E-state index contributed by atoms with van der Waals surface area (Å²) in [6.07, 6.45) is 3.51. The zero-order chi connectivity index (χ0) is 16.2. The van der Waals surface area contributed by atoms with E-state index in [-0.39, 0.29) is 5.97 Å². The lowest BCUT2D eigenvalue weighted by Gasteiger charge is -2.07. The molecule has 0 fully saturated rings. The van der Waals surface area contributed by atoms with Gasteiger partial charge in [0.1, 0.15) is 5.76 Å². The van der Waals surface area contributed by atoms with Gasteiger partial charge in [0, 0.05) is 5.56 Å². The van der Waals surface area contributed by atoms with Crippen LogP contribution in [0.3, 0.4) is 0 Å². The lowest BCUT2D eigenvalue weighted by molar-refractivity contribution is -0.130. The van der Waals surface area contributed by atoms with Crippen LogP contribution >= 0.6 is 0 Å². The van der Waals surface area contributed by atoms with Crippen LogP contribution in [0.4, 0.5) is 0 Å². The van der Waals surface area contributed by atoms with Crippen molar-refractivity contribution in [1.82, 2.24) is 0 Å². The zero-order valence-corrected chi connectivity index (χ0v) is 12.9. The van der Waals surface area contributed by atoms with Crippen molar-refractivity contribution in [3.63, 3.8) is 0 Å². The summed E-state index contributed by atoms with van der Waals surface area (Å²) in [5.41, 5.74) is 2.20. The summed E-state index contributed by atoms with van der Waals surface area (Å²) in [7, 11) is 3.16. The van der Waals surface area contributed by atoms with Gasteiger partial charge in [0.25, 0.3) is 0 Å². The van der Waals surface area contributed by atoms with Crippen LogP contribution in [0.25, 0.3) is 11.8 Å². The lowest BCUT2D eigenvalue weighted by atomic mass is 10.1. The molecule has 4 heteroatoms. The third-order valence-corrected chi connectivity index (χ3v) is 3.51. The molecule has 0 amide bonds. The molecule has 1 aliphatic rings. The summed E-state index contributed by atoms with van der Waals surface area (Å²) in [5, 5.41) is 0. The quantitative estimate of drug-likeness (QED) is 0.638. The van der Waals surface area contributed by atoms with Gasteiger partial charge in [0.15, 0.2) is 11.5 Å². The zero-order valence-electron chi connectivity index (χ0n) is 12.9. The number of methoxy groups -OCH3 is 2. The van der Waals surface area contributed by atoms with Crippen LogP contribution in [-0.4, -0.2) is 20.2 Å². The van der Waals surface area contributed by atoms with Crippen LogP contribution < -0.4 is 9.47 Å². The molecular formula is C19H16O4. The second-order valence-electron chi connectivity index (χ2n) is 4.98. The van der Waals surface area contributed by atoms with Crippen LogP contribution in [0.5, 0.6) is 11.5 Å². The molecular weight excluding hydrogens is 292 g/mol. The molecule has 4 nitrogen and oxygen atoms in total. The summed E-state index contributed by atoms with van der Waals surface area (Å²) in [6, 6.07) is 15.0. The summed E-state index contributed by atoms with van der Waals surface area (Å²) in [6.45, 7) is 0. The first-order chi connectivity index (χ1) is 11.2. The number of benzene rings is 2. The Balaban J connectivity index is 1.93. The largest absolute Gasteiger partial charge is 0.493 e. The highest BCUT2D eigenvalue weighted by Crippen LogP contribution is 2.31. The van der Waals surface area contributed by atoms with Crippen molar-refractivity contribution in [1.29, 1.82) is 0 Å². The van der Waals surface area contributed by atoms with Crippen LogP contribution in [0.1, 0.15) is 11.1 Å². The minimum atomic E-state index is -0.362. The average molecular weight is 308 g/mol. The van der Waals surface area contributed by atoms with Gasteiger partial charge in [-0.3, -0.25) is 0 Å². The number of carbonyl (C=O) groups is 1. The molecule has 0 atom stereocenters. The molecule has 0 unspecified atom stereocenters. The molecule has 0 N–H and O–H groups in total. The lowest BCUT2D eigenvalue weighted by Crippen LogP contribution is -1.97. The minimum Gasteiger partial charge on any atom is -0.493 e. The second-order valence-corrected chi connectivity index (χ2v) is 4.98. The Morgan fingerprint density at radius 2 is 1.70 bits per heavy atom. The van der Waals surface area contributed by atoms with Crippen LogP contribution in [0.15, 0.2) is 60.2 Å². The molecule has 0 radical (unpaired) electrons. The van der Waals surface area contributed by atoms with Gasteiger partial charge in [0.05, 0.1) is 19.8 Å². The van der Waals surface area contributed by atoms with Gasteiger partial charge in [-0.05, 0) is 29.8 Å². The van der Waals surface area contributed by atoms with Crippen molar-refractivity contribution >= 4 is 17.8 Å². The van der Waals surface area contributed by atoms with E-state index < -0.39 is 0 Å². The van der Waals surface area contributed by atoms with Crippen LogP contribution in [0, 0.1) is 0 Å². The van der Waals surface area contributed by atoms with E-state index >= 15 is 0 Å². The fraction of sp³-hybridized carbons (Fsp3) is 0.105. The highest BCUT2D eigenvalue weighted by Gasteiger charge is 2.21. The van der Waals surface area contributed by atoms with E-state index in [0.717, 1.165) is 11.1 Å². The first-order valence-electron chi connectivity index (χ1n) is 7.14. The minimum absolute atomic E-state index is 0.362. The van der Waals surface area contributed by atoms with Gasteiger partial charge in [-0.25, -0.2) is 4.79 Å². The molecule has 2 aromatic rings. The van der Waals surface area contributed by atoms with Crippen LogP contribution in [0.2, 0.25) is 0 Å². The Labute approximate surface area is 134 Å². The number of carbonyl (C=O) groups excluding carboxylic acids is 1. The fourth-order valence-electron chi connectivity index (χ4n) is 2.36. The van der Waals surface area contributed by atoms with Gasteiger partial charge in [-0.1, -0.05) is 36.4 Å². The first-order valence-corrected chi connectivity index (χ1v) is 7.14. The Morgan fingerprint density at radius 3 is 2.39 bits per heavy atom. The van der Waals surface area contributed by atoms with E-state index in [1.807, 2.05) is 42.5 Å². The number of hydrogen-bond acceptors (Lipinski definition) is 4. The number of ether oxygens (including phenoxy) is 3. The predicted molar refractivity (Wildman–Crippen MR) is 88.0 cm³/mol. The number of hydrogen-bond donors (Lipinski definition) is 0. The summed E-state index contributed by atoms with van der Waals surface area (Å²) >= 11 is 0. The molecule has 0 saturated carbocycles. The molecule has 1 heterocycles. The molecule has 0 aromatic heterocycles. The van der Waals surface area contributed by atoms with Gasteiger partial charge >= 0.3 is 5.97 Å². The summed E-state index contributed by atoms with van der Waals surface area (Å²) in [5.74, 6) is 1.45. The number of esters is 1. The van der Waals surface area contributed by atoms with Crippen molar-refractivity contribution in [2.45, 2.75) is 0 Å². The monoisotopic (exact) mass is 308 g/mol. The Kier molecular flexibility index (Phi) is 4.15. The van der Waals surface area contributed by atoms with Crippen molar-refractivity contribution in [3.05, 3.63) is 71.3 Å². The standard InChI is InChI=1S/C19H16O4/c1-21-16-9-8-13(11-18(16)22-2)10-15-12-17(23-19(15)20)14-6-4-3-5-7-14/h3-12H,1-2H3/b15-10+. The van der Waals surface area contributed by atoms with E-state index in [1.165, 1.54) is 0 Å². The maximum atomic E-state index is 12.0. The van der Waals surface area contributed by atoms with Crippen molar-refractivity contribution in [3.8, 4) is 11.5 Å². The fourth-order valence-corrected chi connectivity index (χ4v) is 2.36. The molecule has 23 heavy (non-hydrogen) atoms. The third kappa shape index (κ3) is 3.11. The molecule has 1 aliphatic heterocycles. The average Bonchev–Trinajstić information content (AvgIpc) is 2.96. The SMILES string of the molecule is COc1ccc(/C=C2\C=C(c3ccccc3)OC2=O)cc1OC. The van der Waals surface area contributed by atoms with E-state index in [9.17, 15) is 4.79 Å². The van der Waals surface area contributed by atoms with Gasteiger partial charge in [0.2, 0.25) is 0 Å². The predicted octanol–water partition coefficient (Wildman–Crippen LogP) is 3.69. The smallest absolute Gasteiger partial charge is 0.343 e. The molecule has 2 aromatic carbocycles. The van der Waals surface area contributed by atoms with Crippen molar-refractivity contribution in [2.75, 3.05) is 14.2 Å². The van der Waals surface area contributed by atoms with E-state index in [1.54, 1.807) is 32.4 Å². The Bertz CT molecular complexity index is 788. The van der Waals surface area contributed by atoms with E-state index in [4.69, 9.17) is 14.2 Å². The van der Waals surface area contributed by atoms with Gasteiger partial charge in [-0.15, -0.1) is 0 Å². The number of rotatable bonds is 4. The summed E-state index contributed by atoms with van der Waals surface area (Å²) < 4.78 is 15.8. The van der Waals surface area contributed by atoms with Crippen molar-refractivity contribution < 1.29 is 19.0 Å². The molecule has 0 aliphatic carbocycles. The highest BCUT2D eigenvalue weighted by atomic mass is 16.5. The molecule has 0 bridgehead atoms. The van der Waals surface area contributed by atoms with Gasteiger partial charge in [-0.2, -0.15) is 0 Å². The molecule has 0 spiro atoms. The second kappa shape index (κ2) is 6.40.